The third-order valence-electron chi connectivity index (χ3n) is 4.72. The molecule has 24 heavy (non-hydrogen) atoms. The number of allylic oxidation sites excluding steroid dienone is 2. The summed E-state index contributed by atoms with van der Waals surface area (Å²) in [7, 11) is 0. The lowest BCUT2D eigenvalue weighted by Crippen LogP contribution is -2.49. The summed E-state index contributed by atoms with van der Waals surface area (Å²) >= 11 is 0. The molecule has 130 valence electrons. The van der Waals surface area contributed by atoms with Crippen molar-refractivity contribution in [2.24, 2.45) is 5.92 Å². The Kier molecular flexibility index (Phi) is 4.83. The number of halogens is 3. The molecule has 0 saturated carbocycles. The maximum Gasteiger partial charge on any atom is 0.416 e. The number of carbonyl (C=O) groups excluding carboxylic acids is 1. The van der Waals surface area contributed by atoms with Crippen molar-refractivity contribution >= 4 is 11.6 Å². The molecule has 1 aliphatic heterocycles. The molecule has 1 amide bonds. The Labute approximate surface area is 139 Å². The Morgan fingerprint density at radius 1 is 1.17 bits per heavy atom. The van der Waals surface area contributed by atoms with Gasteiger partial charge in [0.1, 0.15) is 0 Å². The molecule has 1 atom stereocenters. The summed E-state index contributed by atoms with van der Waals surface area (Å²) < 4.78 is 38.5. The van der Waals surface area contributed by atoms with E-state index in [4.69, 9.17) is 0 Å². The van der Waals surface area contributed by atoms with E-state index in [0.717, 1.165) is 18.9 Å². The van der Waals surface area contributed by atoms with E-state index in [1.54, 1.807) is 6.07 Å². The Balaban J connectivity index is 1.57. The molecule has 3 nitrogen and oxygen atoms in total. The molecule has 1 saturated heterocycles. The molecule has 2 aliphatic rings. The van der Waals surface area contributed by atoms with Crippen LogP contribution in [0.3, 0.4) is 0 Å². The number of hydrogen-bond acceptors (Lipinski definition) is 2. The van der Waals surface area contributed by atoms with Crippen LogP contribution in [-0.2, 0) is 11.0 Å². The summed E-state index contributed by atoms with van der Waals surface area (Å²) in [5.41, 5.74) is -0.0674. The highest BCUT2D eigenvalue weighted by Gasteiger charge is 2.31. The van der Waals surface area contributed by atoms with Gasteiger partial charge in [-0.15, -0.1) is 0 Å². The number of benzene rings is 1. The topological polar surface area (TPSA) is 23.6 Å². The van der Waals surface area contributed by atoms with Gasteiger partial charge >= 0.3 is 6.18 Å². The number of rotatable bonds is 3. The lowest BCUT2D eigenvalue weighted by molar-refractivity contribution is -0.137. The molecule has 1 heterocycles. The van der Waals surface area contributed by atoms with Crippen LogP contribution >= 0.6 is 0 Å². The van der Waals surface area contributed by atoms with E-state index in [2.05, 4.69) is 12.2 Å². The smallest absolute Gasteiger partial charge is 0.368 e. The molecule has 6 heteroatoms. The Morgan fingerprint density at radius 2 is 1.92 bits per heavy atom. The Hall–Kier alpha value is -1.98. The van der Waals surface area contributed by atoms with Crippen LogP contribution in [-0.4, -0.2) is 37.0 Å². The highest BCUT2D eigenvalue weighted by atomic mass is 19.4. The largest absolute Gasteiger partial charge is 0.416 e. The zero-order valence-electron chi connectivity index (χ0n) is 13.4. The van der Waals surface area contributed by atoms with Crippen molar-refractivity contribution in [3.05, 3.63) is 42.0 Å². The monoisotopic (exact) mass is 338 g/mol. The third kappa shape index (κ3) is 3.91. The number of nitrogens with zero attached hydrogens (tertiary/aromatic N) is 2. The van der Waals surface area contributed by atoms with Gasteiger partial charge in [0.2, 0.25) is 5.91 Å². The van der Waals surface area contributed by atoms with E-state index in [1.807, 2.05) is 9.80 Å². The van der Waals surface area contributed by atoms with Gasteiger partial charge < -0.3 is 9.80 Å². The van der Waals surface area contributed by atoms with E-state index in [9.17, 15) is 18.0 Å². The van der Waals surface area contributed by atoms with Gasteiger partial charge in [0.05, 0.1) is 5.56 Å². The van der Waals surface area contributed by atoms with Crippen LogP contribution in [0.15, 0.2) is 36.4 Å². The second-order valence-corrected chi connectivity index (χ2v) is 6.39. The predicted octanol–water partition coefficient (Wildman–Crippen LogP) is 3.71. The summed E-state index contributed by atoms with van der Waals surface area (Å²) in [4.78, 5) is 16.0. The number of amides is 1. The Bertz CT molecular complexity index is 619. The van der Waals surface area contributed by atoms with Crippen LogP contribution in [0.5, 0.6) is 0 Å². The van der Waals surface area contributed by atoms with Crippen molar-refractivity contribution in [2.45, 2.75) is 25.4 Å². The lowest BCUT2D eigenvalue weighted by atomic mass is 10.0. The molecule has 1 aliphatic carbocycles. The number of hydrogen-bond donors (Lipinski definition) is 0. The lowest BCUT2D eigenvalue weighted by Gasteiger charge is -2.36. The molecule has 1 aromatic rings. The molecule has 0 spiro atoms. The molecule has 0 N–H and O–H groups in total. The number of alkyl halides is 3. The average molecular weight is 338 g/mol. The number of anilines is 1. The molecular formula is C18H21F3N2O. The van der Waals surface area contributed by atoms with E-state index < -0.39 is 11.7 Å². The van der Waals surface area contributed by atoms with Gasteiger partial charge in [-0.05, 0) is 37.0 Å². The quantitative estimate of drug-likeness (QED) is 0.785. The van der Waals surface area contributed by atoms with Crippen LogP contribution in [0.1, 0.15) is 24.8 Å². The first kappa shape index (κ1) is 16.9. The molecule has 1 unspecified atom stereocenters. The van der Waals surface area contributed by atoms with E-state index >= 15 is 0 Å². The fraction of sp³-hybridized carbons (Fsp3) is 0.500. The van der Waals surface area contributed by atoms with E-state index in [1.165, 1.54) is 12.1 Å². The van der Waals surface area contributed by atoms with Gasteiger partial charge in [-0.3, -0.25) is 4.79 Å². The van der Waals surface area contributed by atoms with Crippen LogP contribution < -0.4 is 4.90 Å². The molecule has 0 aromatic heterocycles. The summed E-state index contributed by atoms with van der Waals surface area (Å²) in [6, 6.07) is 5.39. The van der Waals surface area contributed by atoms with Crippen LogP contribution in [0.25, 0.3) is 0 Å². The fourth-order valence-electron chi connectivity index (χ4n) is 3.31. The average Bonchev–Trinajstić information content (AvgIpc) is 3.07. The molecule has 1 fully saturated rings. The standard InChI is InChI=1S/C18H21F3N2O/c19-18(20,21)15-6-3-7-16(13-15)22-8-10-23(11-9-22)17(24)12-14-4-1-2-5-14/h1,3-4,6-7,13-14H,2,5,8-12H2. The SMILES string of the molecule is O=C(CC1C=CCC1)N1CCN(c2cccc(C(F)(F)F)c2)CC1. The van der Waals surface area contributed by atoms with Gasteiger partial charge in [-0.2, -0.15) is 13.2 Å². The first-order valence-electron chi connectivity index (χ1n) is 8.30. The first-order chi connectivity index (χ1) is 11.4. The summed E-state index contributed by atoms with van der Waals surface area (Å²) in [6.07, 6.45) is 2.51. The van der Waals surface area contributed by atoms with Gasteiger partial charge in [0, 0.05) is 38.3 Å². The second kappa shape index (κ2) is 6.87. The molecule has 0 bridgehead atoms. The number of piperazine rings is 1. The normalized spacial score (nSPS) is 21.4. The molecule has 1 aromatic carbocycles. The van der Waals surface area contributed by atoms with Crippen molar-refractivity contribution in [3.63, 3.8) is 0 Å². The van der Waals surface area contributed by atoms with Crippen molar-refractivity contribution in [2.75, 3.05) is 31.1 Å². The molecule has 3 rings (SSSR count). The summed E-state index contributed by atoms with van der Waals surface area (Å²) in [6.45, 7) is 2.25. The van der Waals surface area contributed by atoms with Gasteiger partial charge in [0.25, 0.3) is 0 Å². The fourth-order valence-corrected chi connectivity index (χ4v) is 3.31. The summed E-state index contributed by atoms with van der Waals surface area (Å²) in [5, 5.41) is 0. The van der Waals surface area contributed by atoms with E-state index in [-0.39, 0.29) is 5.91 Å². The maximum absolute atomic E-state index is 12.8. The number of carbonyl (C=O) groups is 1. The van der Waals surface area contributed by atoms with E-state index in [0.29, 0.717) is 44.2 Å². The van der Waals surface area contributed by atoms with Gasteiger partial charge in [0.15, 0.2) is 0 Å². The van der Waals surface area contributed by atoms with Crippen LogP contribution in [0, 0.1) is 5.92 Å². The van der Waals surface area contributed by atoms with Gasteiger partial charge in [-0.1, -0.05) is 18.2 Å². The highest BCUT2D eigenvalue weighted by molar-refractivity contribution is 5.77. The van der Waals surface area contributed by atoms with Crippen LogP contribution in [0.4, 0.5) is 18.9 Å². The van der Waals surface area contributed by atoms with Crippen LogP contribution in [0.2, 0.25) is 0 Å². The predicted molar refractivity (Wildman–Crippen MR) is 86.7 cm³/mol. The van der Waals surface area contributed by atoms with Gasteiger partial charge in [-0.25, -0.2) is 0 Å². The minimum Gasteiger partial charge on any atom is -0.368 e. The maximum atomic E-state index is 12.8. The second-order valence-electron chi connectivity index (χ2n) is 6.39. The zero-order chi connectivity index (χ0) is 17.2. The first-order valence-corrected chi connectivity index (χ1v) is 8.30. The van der Waals surface area contributed by atoms with Crippen molar-refractivity contribution in [1.29, 1.82) is 0 Å². The molecular weight excluding hydrogens is 317 g/mol. The minimum atomic E-state index is -4.33. The molecule has 0 radical (unpaired) electrons. The van der Waals surface area contributed by atoms with Crippen molar-refractivity contribution < 1.29 is 18.0 Å². The zero-order valence-corrected chi connectivity index (χ0v) is 13.4. The Morgan fingerprint density at radius 3 is 2.54 bits per heavy atom. The minimum absolute atomic E-state index is 0.148. The summed E-state index contributed by atoms with van der Waals surface area (Å²) in [5.74, 6) is 0.495. The van der Waals surface area contributed by atoms with Crippen molar-refractivity contribution in [3.8, 4) is 0 Å². The van der Waals surface area contributed by atoms with Crippen molar-refractivity contribution in [1.82, 2.24) is 4.90 Å². The third-order valence-corrected chi connectivity index (χ3v) is 4.72. The highest BCUT2D eigenvalue weighted by Crippen LogP contribution is 2.32.